The normalized spacial score (nSPS) is 25.3. The van der Waals surface area contributed by atoms with Gasteiger partial charge in [-0.05, 0) is 31.5 Å². The molecule has 0 bridgehead atoms. The topological polar surface area (TPSA) is 144 Å². The van der Waals surface area contributed by atoms with E-state index in [9.17, 15) is 4.80 Å². The highest BCUT2D eigenvalue weighted by Crippen LogP contribution is 2.49. The predicted molar refractivity (Wildman–Crippen MR) is 117 cm³/mol. The van der Waals surface area contributed by atoms with Crippen molar-refractivity contribution in [2.24, 2.45) is 5.92 Å². The summed E-state index contributed by atoms with van der Waals surface area (Å²) in [6, 6.07) is 0. The Hall–Kier alpha value is -1.79. The molecule has 0 amide bonds. The molecule has 1 aliphatic rings. The maximum atomic E-state index is 10.9. The average Bonchev–Trinajstić information content (AvgIpc) is 3.19. The second-order valence-corrected chi connectivity index (χ2v) is 13.5. The number of aromatic nitrogens is 4. The Labute approximate surface area is 178 Å². The lowest BCUT2D eigenvalue weighted by Crippen LogP contribution is -2.43. The molecule has 1 saturated heterocycles. The van der Waals surface area contributed by atoms with E-state index in [1.165, 1.54) is 0 Å². The SMILES string of the molecule is CCOC[C@H]1O[C@@H](n2cnc3c(N)nc(N)nc32)C(CC(C)(C)[Si](C)(C)O)C1OC. The van der Waals surface area contributed by atoms with E-state index in [-0.39, 0.29) is 34.9 Å². The van der Waals surface area contributed by atoms with Gasteiger partial charge in [-0.2, -0.15) is 9.97 Å². The van der Waals surface area contributed by atoms with Crippen LogP contribution in [-0.2, 0) is 14.2 Å². The molecule has 168 valence electrons. The lowest BCUT2D eigenvalue weighted by Gasteiger charge is -2.39. The smallest absolute Gasteiger partial charge is 0.224 e. The molecule has 0 aliphatic carbocycles. The van der Waals surface area contributed by atoms with E-state index in [0.717, 1.165) is 0 Å². The van der Waals surface area contributed by atoms with Gasteiger partial charge in [0.15, 0.2) is 19.8 Å². The zero-order valence-electron chi connectivity index (χ0n) is 18.6. The molecule has 1 aliphatic heterocycles. The van der Waals surface area contributed by atoms with Crippen LogP contribution in [0, 0.1) is 5.92 Å². The Balaban J connectivity index is 2.05. The zero-order valence-corrected chi connectivity index (χ0v) is 19.6. The number of hydrogen-bond donors (Lipinski definition) is 3. The van der Waals surface area contributed by atoms with Crippen LogP contribution in [0.4, 0.5) is 11.8 Å². The molecule has 3 heterocycles. The number of nitrogen functional groups attached to an aromatic ring is 2. The fourth-order valence-corrected chi connectivity index (χ4v) is 4.70. The van der Waals surface area contributed by atoms with Crippen molar-refractivity contribution in [3.8, 4) is 0 Å². The van der Waals surface area contributed by atoms with Crippen molar-refractivity contribution in [3.05, 3.63) is 6.33 Å². The molecular formula is C19H34N6O4Si. The first-order valence-corrected chi connectivity index (χ1v) is 13.2. The fraction of sp³-hybridized carbons (Fsp3) is 0.737. The van der Waals surface area contributed by atoms with Crippen molar-refractivity contribution in [1.82, 2.24) is 19.5 Å². The minimum atomic E-state index is -2.46. The summed E-state index contributed by atoms with van der Waals surface area (Å²) in [7, 11) is -0.779. The summed E-state index contributed by atoms with van der Waals surface area (Å²) in [5.74, 6) is 0.239. The number of methoxy groups -OCH3 is 1. The second-order valence-electron chi connectivity index (χ2n) is 9.03. The van der Waals surface area contributed by atoms with Gasteiger partial charge < -0.3 is 30.5 Å². The third-order valence-corrected chi connectivity index (χ3v) is 9.89. The number of fused-ring (bicyclic) bond motifs is 1. The van der Waals surface area contributed by atoms with Gasteiger partial charge in [0.05, 0.1) is 19.0 Å². The predicted octanol–water partition coefficient (Wildman–Crippen LogP) is 1.92. The number of nitrogens with zero attached hydrogens (tertiary/aromatic N) is 4. The second kappa shape index (κ2) is 8.38. The number of hydrogen-bond acceptors (Lipinski definition) is 9. The van der Waals surface area contributed by atoms with Crippen LogP contribution < -0.4 is 11.5 Å². The molecule has 0 aromatic carbocycles. The van der Waals surface area contributed by atoms with Crippen LogP contribution in [0.2, 0.25) is 18.1 Å². The van der Waals surface area contributed by atoms with Gasteiger partial charge in [0.1, 0.15) is 17.8 Å². The van der Waals surface area contributed by atoms with Gasteiger partial charge in [-0.25, -0.2) is 4.98 Å². The summed E-state index contributed by atoms with van der Waals surface area (Å²) in [6.45, 7) is 11.1. The molecule has 2 unspecified atom stereocenters. The van der Waals surface area contributed by atoms with E-state index in [4.69, 9.17) is 25.7 Å². The third kappa shape index (κ3) is 4.17. The van der Waals surface area contributed by atoms with Crippen molar-refractivity contribution >= 4 is 31.2 Å². The van der Waals surface area contributed by atoms with Crippen LogP contribution in [0.3, 0.4) is 0 Å². The summed E-state index contributed by atoms with van der Waals surface area (Å²) < 4.78 is 19.8. The lowest BCUT2D eigenvalue weighted by molar-refractivity contribution is -0.0667. The van der Waals surface area contributed by atoms with Gasteiger partial charge >= 0.3 is 0 Å². The summed E-state index contributed by atoms with van der Waals surface area (Å²) in [5, 5.41) is -0.278. The van der Waals surface area contributed by atoms with Gasteiger partial charge in [0.25, 0.3) is 0 Å². The van der Waals surface area contributed by atoms with Gasteiger partial charge in [-0.3, -0.25) is 4.57 Å². The lowest BCUT2D eigenvalue weighted by atomic mass is 9.89. The Morgan fingerprint density at radius 3 is 2.60 bits per heavy atom. The van der Waals surface area contributed by atoms with Crippen molar-refractivity contribution < 1.29 is 19.0 Å². The minimum Gasteiger partial charge on any atom is -0.432 e. The summed E-state index contributed by atoms with van der Waals surface area (Å²) >= 11 is 0. The van der Waals surface area contributed by atoms with E-state index in [1.807, 2.05) is 24.6 Å². The van der Waals surface area contributed by atoms with Crippen molar-refractivity contribution in [2.75, 3.05) is 31.8 Å². The van der Waals surface area contributed by atoms with E-state index in [0.29, 0.717) is 30.8 Å². The fourth-order valence-electron chi connectivity index (χ4n) is 3.96. The van der Waals surface area contributed by atoms with Gasteiger partial charge in [-0.1, -0.05) is 13.8 Å². The maximum Gasteiger partial charge on any atom is 0.224 e. The van der Waals surface area contributed by atoms with Gasteiger partial charge in [0, 0.05) is 19.6 Å². The Bertz CT molecular complexity index is 884. The van der Waals surface area contributed by atoms with Gasteiger partial charge in [0.2, 0.25) is 5.95 Å². The maximum absolute atomic E-state index is 10.9. The van der Waals surface area contributed by atoms with E-state index in [2.05, 4.69) is 28.8 Å². The van der Waals surface area contributed by atoms with Crippen LogP contribution in [0.15, 0.2) is 6.33 Å². The van der Waals surface area contributed by atoms with Crippen LogP contribution in [0.1, 0.15) is 33.4 Å². The van der Waals surface area contributed by atoms with Crippen molar-refractivity contribution in [1.29, 1.82) is 0 Å². The third-order valence-electron chi connectivity index (χ3n) is 6.37. The molecular weight excluding hydrogens is 404 g/mol. The van der Waals surface area contributed by atoms with Gasteiger partial charge in [-0.15, -0.1) is 0 Å². The molecule has 3 rings (SSSR count). The van der Waals surface area contributed by atoms with Crippen molar-refractivity contribution in [2.45, 2.75) is 63.8 Å². The van der Waals surface area contributed by atoms with E-state index < -0.39 is 14.5 Å². The van der Waals surface area contributed by atoms with Crippen LogP contribution >= 0.6 is 0 Å². The minimum absolute atomic E-state index is 0.0656. The molecule has 10 nitrogen and oxygen atoms in total. The highest BCUT2D eigenvalue weighted by atomic mass is 28.4. The number of rotatable bonds is 8. The Morgan fingerprint density at radius 2 is 2.00 bits per heavy atom. The molecule has 0 spiro atoms. The first kappa shape index (κ1) is 22.9. The first-order chi connectivity index (χ1) is 14.0. The molecule has 4 atom stereocenters. The van der Waals surface area contributed by atoms with Crippen LogP contribution in [0.25, 0.3) is 11.2 Å². The average molecular weight is 439 g/mol. The monoisotopic (exact) mass is 438 g/mol. The summed E-state index contributed by atoms with van der Waals surface area (Å²) in [5.41, 5.74) is 12.8. The summed E-state index contributed by atoms with van der Waals surface area (Å²) in [6.07, 6.45) is 1.44. The van der Waals surface area contributed by atoms with E-state index in [1.54, 1.807) is 13.4 Å². The number of imidazole rings is 1. The molecule has 0 radical (unpaired) electrons. The highest BCUT2D eigenvalue weighted by molar-refractivity contribution is 6.72. The molecule has 2 aromatic rings. The number of nitrogens with two attached hydrogens (primary N) is 2. The standard InChI is InChI=1S/C19H34N6O4Si/c1-7-28-9-12-14(27-4)11(8-19(2,3)30(5,6)26)17(29-12)25-10-22-13-15(20)23-18(21)24-16(13)25/h10-12,14,17,26H,7-9H2,1-6H3,(H4,20,21,23,24)/t11?,12-,14?,17-/m1/s1. The Kier molecular flexibility index (Phi) is 6.40. The van der Waals surface area contributed by atoms with Crippen molar-refractivity contribution in [3.63, 3.8) is 0 Å². The molecule has 0 saturated carbocycles. The van der Waals surface area contributed by atoms with Crippen LogP contribution in [-0.4, -0.2) is 65.2 Å². The highest BCUT2D eigenvalue weighted by Gasteiger charge is 2.51. The number of ether oxygens (including phenoxy) is 3. The van der Waals surface area contributed by atoms with Crippen LogP contribution in [0.5, 0.6) is 0 Å². The molecule has 1 fully saturated rings. The molecule has 11 heteroatoms. The number of anilines is 2. The molecule has 2 aromatic heterocycles. The quantitative estimate of drug-likeness (QED) is 0.526. The summed E-state index contributed by atoms with van der Waals surface area (Å²) in [4.78, 5) is 23.6. The Morgan fingerprint density at radius 1 is 1.30 bits per heavy atom. The zero-order chi connectivity index (χ0) is 22.3. The molecule has 5 N–H and O–H groups in total. The first-order valence-electron chi connectivity index (χ1n) is 10.2. The largest absolute Gasteiger partial charge is 0.432 e. The molecule has 30 heavy (non-hydrogen) atoms. The van der Waals surface area contributed by atoms with E-state index >= 15 is 0 Å².